The molecule has 0 heterocycles. The first-order valence-corrected chi connectivity index (χ1v) is 27.7. The molecule has 0 N–H and O–H groups in total. The minimum Gasteiger partial charge on any atom is -0.309 e. The fraction of sp³-hybridized carbons (Fsp3) is 0.0256. The van der Waals surface area contributed by atoms with Crippen LogP contribution < -0.4 is 9.80 Å². The summed E-state index contributed by atoms with van der Waals surface area (Å²) in [5, 5.41) is 7.18. The molecule has 0 aliphatic rings. The lowest BCUT2D eigenvalue weighted by molar-refractivity contribution is 1.26. The molecule has 80 heavy (non-hydrogen) atoms. The second-order valence-corrected chi connectivity index (χ2v) is 20.9. The maximum absolute atomic E-state index is 2.56. The first-order valence-electron chi connectivity index (χ1n) is 27.7. The molecule has 0 radical (unpaired) electrons. The molecule has 0 spiro atoms. The molecular weight excluding hydrogens is 965 g/mol. The monoisotopic (exact) mass is 1020 g/mol. The van der Waals surface area contributed by atoms with Crippen molar-refractivity contribution in [1.29, 1.82) is 0 Å². The summed E-state index contributed by atoms with van der Waals surface area (Å²) < 4.78 is 0. The fourth-order valence-electron chi connectivity index (χ4n) is 12.2. The third-order valence-electron chi connectivity index (χ3n) is 16.1. The van der Waals surface area contributed by atoms with Gasteiger partial charge in [-0.2, -0.15) is 0 Å². The number of benzene rings is 14. The Morgan fingerprint density at radius 3 is 0.825 bits per heavy atom. The van der Waals surface area contributed by atoms with Crippen LogP contribution in [0, 0.1) is 13.8 Å². The molecule has 2 heteroatoms. The molecule has 0 saturated heterocycles. The molecule has 0 fully saturated rings. The van der Waals surface area contributed by atoms with Crippen LogP contribution in [0.15, 0.2) is 303 Å². The van der Waals surface area contributed by atoms with Gasteiger partial charge in [0.1, 0.15) is 0 Å². The molecular formula is C78H56N2. The van der Waals surface area contributed by atoms with E-state index >= 15 is 0 Å². The number of rotatable bonds is 12. The molecule has 0 aliphatic heterocycles. The highest BCUT2D eigenvalue weighted by Crippen LogP contribution is 2.54. The van der Waals surface area contributed by atoms with Gasteiger partial charge >= 0.3 is 0 Å². The number of nitrogens with zero attached hydrogens (tertiary/aromatic N) is 2. The zero-order chi connectivity index (χ0) is 53.5. The summed E-state index contributed by atoms with van der Waals surface area (Å²) in [7, 11) is 0. The lowest BCUT2D eigenvalue weighted by Gasteiger charge is -2.33. The zero-order valence-corrected chi connectivity index (χ0v) is 44.8. The minimum atomic E-state index is 1.10. The van der Waals surface area contributed by atoms with E-state index in [2.05, 4.69) is 327 Å². The van der Waals surface area contributed by atoms with Crippen molar-refractivity contribution in [3.05, 3.63) is 314 Å². The minimum absolute atomic E-state index is 1.10. The van der Waals surface area contributed by atoms with Crippen LogP contribution in [-0.2, 0) is 0 Å². The summed E-state index contributed by atoms with van der Waals surface area (Å²) in [4.78, 5) is 5.12. The van der Waals surface area contributed by atoms with E-state index in [4.69, 9.17) is 0 Å². The Labute approximate surface area is 468 Å². The predicted molar refractivity (Wildman–Crippen MR) is 342 cm³/mol. The van der Waals surface area contributed by atoms with Gasteiger partial charge in [0.15, 0.2) is 0 Å². The molecule has 0 aromatic heterocycles. The quantitative estimate of drug-likeness (QED) is 0.113. The third-order valence-corrected chi connectivity index (χ3v) is 16.1. The van der Waals surface area contributed by atoms with E-state index in [0.29, 0.717) is 0 Å². The van der Waals surface area contributed by atoms with Crippen LogP contribution in [0.3, 0.4) is 0 Å². The van der Waals surface area contributed by atoms with Crippen LogP contribution in [0.5, 0.6) is 0 Å². The molecule has 2 nitrogen and oxygen atoms in total. The van der Waals surface area contributed by atoms with Crippen molar-refractivity contribution in [1.82, 2.24) is 0 Å². The van der Waals surface area contributed by atoms with E-state index in [0.717, 1.165) is 78.6 Å². The van der Waals surface area contributed by atoms with Crippen LogP contribution in [0.1, 0.15) is 11.1 Å². The molecule has 0 unspecified atom stereocenters. The summed E-state index contributed by atoms with van der Waals surface area (Å²) in [6, 6.07) is 112. The van der Waals surface area contributed by atoms with Gasteiger partial charge in [-0.05, 0) is 128 Å². The van der Waals surface area contributed by atoms with Crippen molar-refractivity contribution in [2.45, 2.75) is 13.8 Å². The van der Waals surface area contributed by atoms with Crippen molar-refractivity contribution in [2.24, 2.45) is 0 Å². The van der Waals surface area contributed by atoms with Crippen molar-refractivity contribution in [3.63, 3.8) is 0 Å². The van der Waals surface area contributed by atoms with E-state index in [1.54, 1.807) is 0 Å². The van der Waals surface area contributed by atoms with Crippen molar-refractivity contribution in [3.8, 4) is 66.8 Å². The third kappa shape index (κ3) is 8.55. The Hall–Kier alpha value is -10.3. The van der Waals surface area contributed by atoms with Gasteiger partial charge in [0.05, 0.1) is 22.7 Å². The standard InChI is InChI=1S/C78H56N2/c1-53-41-43-61(55-25-9-3-10-26-55)49-73(53)79(71-39-23-21-37-63(71)57-29-13-5-14-30-57)75-51-69(59-33-17-7-18-34-59)65-46-48-68-76(52-70(60-35-19-8-20-36-60)66-45-47-67(75)77(65)78(66)68)80(72-40-24-22-38-64(72)58-31-15-6-16-32-58)74-50-62(44-42-54(74)2)56-27-11-4-12-28-56/h3-52H,1-2H3. The summed E-state index contributed by atoms with van der Waals surface area (Å²) >= 11 is 0. The summed E-state index contributed by atoms with van der Waals surface area (Å²) in [6.07, 6.45) is 0. The Morgan fingerprint density at radius 2 is 0.475 bits per heavy atom. The van der Waals surface area contributed by atoms with E-state index in [9.17, 15) is 0 Å². The average molecular weight is 1020 g/mol. The number of hydrogen-bond acceptors (Lipinski definition) is 2. The highest BCUT2D eigenvalue weighted by atomic mass is 15.2. The molecule has 0 saturated carbocycles. The Bertz CT molecular complexity index is 4220. The number of aryl methyl sites for hydroxylation is 2. The van der Waals surface area contributed by atoms with Gasteiger partial charge in [0.2, 0.25) is 0 Å². The van der Waals surface area contributed by atoms with Gasteiger partial charge in [-0.3, -0.25) is 0 Å². The van der Waals surface area contributed by atoms with Crippen molar-refractivity contribution in [2.75, 3.05) is 9.80 Å². The van der Waals surface area contributed by atoms with Crippen LogP contribution in [0.25, 0.3) is 99.1 Å². The molecule has 0 atom stereocenters. The largest absolute Gasteiger partial charge is 0.309 e. The topological polar surface area (TPSA) is 6.48 Å². The smallest absolute Gasteiger partial charge is 0.0547 e. The molecule has 0 bridgehead atoms. The highest BCUT2D eigenvalue weighted by Gasteiger charge is 2.29. The first-order chi connectivity index (χ1) is 39.6. The number of hydrogen-bond donors (Lipinski definition) is 0. The average Bonchev–Trinajstić information content (AvgIpc) is 3.72. The van der Waals surface area contributed by atoms with Crippen LogP contribution in [0.4, 0.5) is 34.1 Å². The highest BCUT2D eigenvalue weighted by molar-refractivity contribution is 6.32. The number of para-hydroxylation sites is 2. The van der Waals surface area contributed by atoms with E-state index in [-0.39, 0.29) is 0 Å². The lowest BCUT2D eigenvalue weighted by atomic mass is 9.85. The van der Waals surface area contributed by atoms with Crippen LogP contribution in [-0.4, -0.2) is 0 Å². The second kappa shape index (κ2) is 20.6. The van der Waals surface area contributed by atoms with E-state index in [1.807, 2.05) is 0 Å². The van der Waals surface area contributed by atoms with Gasteiger partial charge < -0.3 is 9.80 Å². The van der Waals surface area contributed by atoms with Gasteiger partial charge in [0.25, 0.3) is 0 Å². The van der Waals surface area contributed by atoms with Crippen molar-refractivity contribution >= 4 is 66.4 Å². The van der Waals surface area contributed by atoms with Crippen molar-refractivity contribution < 1.29 is 0 Å². The summed E-state index contributed by atoms with van der Waals surface area (Å²) in [5.41, 5.74) is 23.0. The molecule has 14 aromatic carbocycles. The maximum Gasteiger partial charge on any atom is 0.0547 e. The van der Waals surface area contributed by atoms with Gasteiger partial charge in [-0.15, -0.1) is 0 Å². The SMILES string of the molecule is Cc1ccc(-c2ccccc2)cc1N(c1ccccc1-c1ccccc1)c1cc(-c2ccccc2)c2ccc3c(N(c4cc(-c5ccccc5)ccc4C)c4ccccc4-c4ccccc4)cc(-c4ccccc4)c4ccc1c2c43. The van der Waals surface area contributed by atoms with Gasteiger partial charge in [0, 0.05) is 44.0 Å². The molecule has 0 amide bonds. The molecule has 378 valence electrons. The summed E-state index contributed by atoms with van der Waals surface area (Å²) in [5.74, 6) is 0. The van der Waals surface area contributed by atoms with Crippen LogP contribution >= 0.6 is 0 Å². The Kier molecular flexibility index (Phi) is 12.4. The van der Waals surface area contributed by atoms with Crippen LogP contribution in [0.2, 0.25) is 0 Å². The van der Waals surface area contributed by atoms with E-state index in [1.165, 1.54) is 65.7 Å². The number of anilines is 6. The molecule has 0 aliphatic carbocycles. The normalized spacial score (nSPS) is 11.4. The first kappa shape index (κ1) is 48.1. The maximum atomic E-state index is 2.56. The molecule has 14 aromatic rings. The summed E-state index contributed by atoms with van der Waals surface area (Å²) in [6.45, 7) is 4.51. The second-order valence-electron chi connectivity index (χ2n) is 20.9. The predicted octanol–water partition coefficient (Wildman–Crippen LogP) is 22.1. The Balaban J connectivity index is 1.14. The Morgan fingerprint density at radius 1 is 0.188 bits per heavy atom. The zero-order valence-electron chi connectivity index (χ0n) is 44.8. The molecule has 14 rings (SSSR count). The van der Waals surface area contributed by atoms with E-state index < -0.39 is 0 Å². The fourth-order valence-corrected chi connectivity index (χ4v) is 12.2. The lowest BCUT2D eigenvalue weighted by Crippen LogP contribution is -2.14. The van der Waals surface area contributed by atoms with Gasteiger partial charge in [-0.25, -0.2) is 0 Å². The van der Waals surface area contributed by atoms with Gasteiger partial charge in [-0.1, -0.05) is 267 Å².